The van der Waals surface area contributed by atoms with E-state index in [1.807, 2.05) is 24.3 Å². The summed E-state index contributed by atoms with van der Waals surface area (Å²) < 4.78 is 10.7. The first-order valence-corrected chi connectivity index (χ1v) is 7.30. The third kappa shape index (κ3) is 3.03. The Morgan fingerprint density at radius 2 is 1.62 bits per heavy atom. The molecule has 3 rings (SSSR count). The van der Waals surface area contributed by atoms with Crippen molar-refractivity contribution in [2.45, 2.75) is 44.3 Å². The first-order valence-electron chi connectivity index (χ1n) is 7.30. The second kappa shape index (κ2) is 5.77. The molecule has 1 amide bonds. The minimum atomic E-state index is -0.737. The number of amides is 1. The normalized spacial score (nSPS) is 17.0. The lowest BCUT2D eigenvalue weighted by Gasteiger charge is -2.30. The molecule has 0 saturated heterocycles. The van der Waals surface area contributed by atoms with Gasteiger partial charge in [0.15, 0.2) is 0 Å². The minimum absolute atomic E-state index is 0.0206. The molecule has 0 atom stereocenters. The molecule has 112 valence electrons. The molecule has 0 radical (unpaired) electrons. The minimum Gasteiger partial charge on any atom is -0.467 e. The van der Waals surface area contributed by atoms with Crippen molar-refractivity contribution in [3.63, 3.8) is 0 Å². The van der Waals surface area contributed by atoms with Crippen molar-refractivity contribution in [3.05, 3.63) is 48.3 Å². The Morgan fingerprint density at radius 1 is 1.10 bits per heavy atom. The summed E-state index contributed by atoms with van der Waals surface area (Å²) in [5, 5.41) is 0. The molecule has 0 aromatic carbocycles. The second-order valence-corrected chi connectivity index (χ2v) is 5.68. The fraction of sp³-hybridized carbons (Fsp3) is 0.438. The van der Waals surface area contributed by atoms with Gasteiger partial charge in [0.1, 0.15) is 11.5 Å². The van der Waals surface area contributed by atoms with Crippen LogP contribution in [0.15, 0.2) is 45.6 Å². The molecule has 2 N–H and O–H groups in total. The van der Waals surface area contributed by atoms with E-state index < -0.39 is 5.54 Å². The van der Waals surface area contributed by atoms with Crippen molar-refractivity contribution < 1.29 is 13.6 Å². The lowest BCUT2D eigenvalue weighted by Crippen LogP contribution is -2.53. The standard InChI is InChI=1S/C16H20N2O3/c17-16(7-1-2-8-16)15(19)18(11-13-5-3-9-20-13)12-14-6-4-10-21-14/h3-6,9-10H,1-2,7-8,11-12,17H2. The fourth-order valence-electron chi connectivity index (χ4n) is 2.92. The molecule has 2 heterocycles. The van der Waals surface area contributed by atoms with Crippen LogP contribution in [0, 0.1) is 0 Å². The first kappa shape index (κ1) is 13.9. The zero-order chi connectivity index (χ0) is 14.7. The lowest BCUT2D eigenvalue weighted by molar-refractivity contribution is -0.138. The van der Waals surface area contributed by atoms with Gasteiger partial charge in [-0.1, -0.05) is 12.8 Å². The predicted molar refractivity (Wildman–Crippen MR) is 77.1 cm³/mol. The van der Waals surface area contributed by atoms with Gasteiger partial charge in [-0.15, -0.1) is 0 Å². The smallest absolute Gasteiger partial charge is 0.243 e. The van der Waals surface area contributed by atoms with Crippen molar-refractivity contribution in [2.24, 2.45) is 5.73 Å². The van der Waals surface area contributed by atoms with Crippen molar-refractivity contribution in [1.82, 2.24) is 4.90 Å². The van der Waals surface area contributed by atoms with Gasteiger partial charge in [0.05, 0.1) is 31.2 Å². The van der Waals surface area contributed by atoms with Gasteiger partial charge < -0.3 is 19.5 Å². The van der Waals surface area contributed by atoms with Gasteiger partial charge in [-0.2, -0.15) is 0 Å². The number of hydrogen-bond acceptors (Lipinski definition) is 4. The Balaban J connectivity index is 1.79. The van der Waals surface area contributed by atoms with Gasteiger partial charge in [-0.3, -0.25) is 4.79 Å². The summed E-state index contributed by atoms with van der Waals surface area (Å²) >= 11 is 0. The zero-order valence-corrected chi connectivity index (χ0v) is 12.0. The van der Waals surface area contributed by atoms with Crippen molar-refractivity contribution in [3.8, 4) is 0 Å². The maximum atomic E-state index is 12.8. The van der Waals surface area contributed by atoms with E-state index in [2.05, 4.69) is 0 Å². The number of nitrogens with two attached hydrogens (primary N) is 1. The highest BCUT2D eigenvalue weighted by Crippen LogP contribution is 2.30. The number of carbonyl (C=O) groups excluding carboxylic acids is 1. The van der Waals surface area contributed by atoms with Gasteiger partial charge in [0.25, 0.3) is 0 Å². The Morgan fingerprint density at radius 3 is 2.05 bits per heavy atom. The SMILES string of the molecule is NC1(C(=O)N(Cc2ccco2)Cc2ccco2)CCCC1. The number of hydrogen-bond donors (Lipinski definition) is 1. The second-order valence-electron chi connectivity index (χ2n) is 5.68. The topological polar surface area (TPSA) is 72.6 Å². The van der Waals surface area contributed by atoms with Crippen LogP contribution in [-0.2, 0) is 17.9 Å². The summed E-state index contributed by atoms with van der Waals surface area (Å²) in [6.07, 6.45) is 6.74. The van der Waals surface area contributed by atoms with Gasteiger partial charge in [0, 0.05) is 0 Å². The van der Waals surface area contributed by atoms with E-state index in [0.717, 1.165) is 37.2 Å². The average molecular weight is 288 g/mol. The van der Waals surface area contributed by atoms with E-state index in [1.165, 1.54) is 0 Å². The molecule has 1 saturated carbocycles. The van der Waals surface area contributed by atoms with Crippen LogP contribution < -0.4 is 5.73 Å². The van der Waals surface area contributed by atoms with Crippen LogP contribution in [0.2, 0.25) is 0 Å². The molecule has 0 unspecified atom stereocenters. The molecule has 21 heavy (non-hydrogen) atoms. The van der Waals surface area contributed by atoms with Gasteiger partial charge in [-0.05, 0) is 37.1 Å². The maximum Gasteiger partial charge on any atom is 0.243 e. The summed E-state index contributed by atoms with van der Waals surface area (Å²) in [6.45, 7) is 0.816. The molecule has 0 bridgehead atoms. The molecule has 1 fully saturated rings. The molecular formula is C16H20N2O3. The van der Waals surface area contributed by atoms with Crippen molar-refractivity contribution in [1.29, 1.82) is 0 Å². The highest BCUT2D eigenvalue weighted by atomic mass is 16.3. The van der Waals surface area contributed by atoms with E-state index >= 15 is 0 Å². The zero-order valence-electron chi connectivity index (χ0n) is 12.0. The Kier molecular flexibility index (Phi) is 3.84. The van der Waals surface area contributed by atoms with Crippen LogP contribution in [-0.4, -0.2) is 16.3 Å². The summed E-state index contributed by atoms with van der Waals surface area (Å²) in [4.78, 5) is 14.6. The maximum absolute atomic E-state index is 12.8. The van der Waals surface area contributed by atoms with Crippen molar-refractivity contribution >= 4 is 5.91 Å². The molecular weight excluding hydrogens is 268 g/mol. The monoisotopic (exact) mass is 288 g/mol. The van der Waals surface area contributed by atoms with Crippen LogP contribution in [0.1, 0.15) is 37.2 Å². The van der Waals surface area contributed by atoms with E-state index in [-0.39, 0.29) is 5.91 Å². The van der Waals surface area contributed by atoms with Crippen LogP contribution in [0.25, 0.3) is 0 Å². The number of carbonyl (C=O) groups is 1. The molecule has 5 heteroatoms. The van der Waals surface area contributed by atoms with Crippen LogP contribution in [0.4, 0.5) is 0 Å². The summed E-state index contributed by atoms with van der Waals surface area (Å²) in [5.41, 5.74) is 5.57. The van der Waals surface area contributed by atoms with E-state index in [4.69, 9.17) is 14.6 Å². The summed E-state index contributed by atoms with van der Waals surface area (Å²) in [7, 11) is 0. The Bertz CT molecular complexity index is 532. The highest BCUT2D eigenvalue weighted by Gasteiger charge is 2.40. The van der Waals surface area contributed by atoms with Crippen molar-refractivity contribution in [2.75, 3.05) is 0 Å². The van der Waals surface area contributed by atoms with E-state index in [0.29, 0.717) is 13.1 Å². The Labute approximate surface area is 123 Å². The molecule has 0 spiro atoms. The van der Waals surface area contributed by atoms with Gasteiger partial charge in [-0.25, -0.2) is 0 Å². The van der Waals surface area contributed by atoms with Gasteiger partial charge in [0.2, 0.25) is 5.91 Å². The molecule has 2 aromatic rings. The average Bonchev–Trinajstić information content (AvgIpc) is 3.20. The first-order chi connectivity index (χ1) is 10.2. The summed E-state index contributed by atoms with van der Waals surface area (Å²) in [5.74, 6) is 1.47. The lowest BCUT2D eigenvalue weighted by atomic mass is 9.97. The van der Waals surface area contributed by atoms with E-state index in [1.54, 1.807) is 17.4 Å². The number of rotatable bonds is 5. The largest absolute Gasteiger partial charge is 0.467 e. The Hall–Kier alpha value is -2.01. The predicted octanol–water partition coefficient (Wildman–Crippen LogP) is 2.67. The quantitative estimate of drug-likeness (QED) is 0.918. The summed E-state index contributed by atoms with van der Waals surface area (Å²) in [6, 6.07) is 7.36. The number of furan rings is 2. The van der Waals surface area contributed by atoms with Gasteiger partial charge >= 0.3 is 0 Å². The molecule has 2 aromatic heterocycles. The number of nitrogens with zero attached hydrogens (tertiary/aromatic N) is 1. The van der Waals surface area contributed by atoms with Crippen LogP contribution >= 0.6 is 0 Å². The highest BCUT2D eigenvalue weighted by molar-refractivity contribution is 5.86. The molecule has 0 aliphatic heterocycles. The molecule has 1 aliphatic carbocycles. The van der Waals surface area contributed by atoms with Crippen LogP contribution in [0.3, 0.4) is 0 Å². The van der Waals surface area contributed by atoms with Crippen LogP contribution in [0.5, 0.6) is 0 Å². The van der Waals surface area contributed by atoms with E-state index in [9.17, 15) is 4.79 Å². The third-order valence-electron chi connectivity index (χ3n) is 4.06. The third-order valence-corrected chi connectivity index (χ3v) is 4.06. The molecule has 5 nitrogen and oxygen atoms in total. The fourth-order valence-corrected chi connectivity index (χ4v) is 2.92. The molecule has 1 aliphatic rings.